The lowest BCUT2D eigenvalue weighted by atomic mass is 10.3. The van der Waals surface area contributed by atoms with E-state index in [1.165, 1.54) is 0 Å². The second-order valence-corrected chi connectivity index (χ2v) is 1.78. The van der Waals surface area contributed by atoms with Crippen LogP contribution < -0.4 is 0 Å². The maximum Gasteiger partial charge on any atom is 0.0751 e. The lowest BCUT2D eigenvalue weighted by molar-refractivity contribution is 0.0530. The van der Waals surface area contributed by atoms with Crippen LogP contribution in [0.1, 0.15) is 13.3 Å². The first-order valence-corrected chi connectivity index (χ1v) is 3.20. The molecule has 0 fully saturated rings. The minimum atomic E-state index is 0.0876. The molecule has 0 rings (SSSR count). The highest BCUT2D eigenvalue weighted by Crippen LogP contribution is 1.96. The van der Waals surface area contributed by atoms with Gasteiger partial charge in [-0.15, -0.1) is 6.58 Å². The number of aliphatic hydroxyl groups is 1. The Balaban J connectivity index is 3.20. The highest BCUT2D eigenvalue weighted by atomic mass is 16.5. The third-order valence-corrected chi connectivity index (χ3v) is 1.09. The van der Waals surface area contributed by atoms with Crippen LogP contribution in [0.4, 0.5) is 0 Å². The lowest BCUT2D eigenvalue weighted by Gasteiger charge is -2.08. The molecule has 0 aliphatic rings. The van der Waals surface area contributed by atoms with Crippen LogP contribution in [-0.4, -0.2) is 24.4 Å². The normalized spacial score (nSPS) is 13.1. The summed E-state index contributed by atoms with van der Waals surface area (Å²) in [5.41, 5.74) is 0. The third-order valence-electron chi connectivity index (χ3n) is 1.09. The molecule has 1 unspecified atom stereocenters. The second kappa shape index (κ2) is 5.79. The van der Waals surface area contributed by atoms with Crippen molar-refractivity contribution in [3.05, 3.63) is 12.7 Å². The number of ether oxygens (including phenoxy) is 1. The monoisotopic (exact) mass is 130 g/mol. The summed E-state index contributed by atoms with van der Waals surface area (Å²) in [4.78, 5) is 0. The SMILES string of the molecule is C=CC(CC)OCCO. The predicted octanol–water partition coefficient (Wildman–Crippen LogP) is 0.960. The number of hydrogen-bond acceptors (Lipinski definition) is 2. The van der Waals surface area contributed by atoms with E-state index in [9.17, 15) is 0 Å². The van der Waals surface area contributed by atoms with Gasteiger partial charge in [0.2, 0.25) is 0 Å². The molecule has 0 aromatic carbocycles. The summed E-state index contributed by atoms with van der Waals surface area (Å²) in [6.07, 6.45) is 2.77. The fraction of sp³-hybridized carbons (Fsp3) is 0.714. The summed E-state index contributed by atoms with van der Waals surface area (Å²) < 4.78 is 5.12. The van der Waals surface area contributed by atoms with Crippen LogP contribution in [0.2, 0.25) is 0 Å². The van der Waals surface area contributed by atoms with E-state index in [2.05, 4.69) is 6.58 Å². The van der Waals surface area contributed by atoms with Gasteiger partial charge < -0.3 is 9.84 Å². The molecule has 2 heteroatoms. The first kappa shape index (κ1) is 8.66. The number of hydrogen-bond donors (Lipinski definition) is 1. The van der Waals surface area contributed by atoms with Crippen LogP contribution in [0.25, 0.3) is 0 Å². The molecule has 9 heavy (non-hydrogen) atoms. The molecule has 0 aliphatic heterocycles. The summed E-state index contributed by atoms with van der Waals surface area (Å²) in [5, 5.41) is 8.35. The highest BCUT2D eigenvalue weighted by molar-refractivity contribution is 4.77. The Labute approximate surface area is 56.1 Å². The number of aliphatic hydroxyl groups excluding tert-OH is 1. The number of rotatable bonds is 5. The van der Waals surface area contributed by atoms with E-state index in [1.54, 1.807) is 6.08 Å². The van der Waals surface area contributed by atoms with Gasteiger partial charge in [0.15, 0.2) is 0 Å². The van der Waals surface area contributed by atoms with Crippen molar-refractivity contribution in [2.75, 3.05) is 13.2 Å². The zero-order chi connectivity index (χ0) is 7.11. The average Bonchev–Trinajstić information content (AvgIpc) is 1.91. The summed E-state index contributed by atoms with van der Waals surface area (Å²) in [7, 11) is 0. The lowest BCUT2D eigenvalue weighted by Crippen LogP contribution is -2.10. The van der Waals surface area contributed by atoms with Gasteiger partial charge in [-0.05, 0) is 6.42 Å². The maximum atomic E-state index is 8.35. The molecule has 0 aromatic heterocycles. The van der Waals surface area contributed by atoms with Crippen molar-refractivity contribution in [1.82, 2.24) is 0 Å². The Kier molecular flexibility index (Phi) is 5.57. The average molecular weight is 130 g/mol. The predicted molar refractivity (Wildman–Crippen MR) is 37.3 cm³/mol. The molecular weight excluding hydrogens is 116 g/mol. The van der Waals surface area contributed by atoms with Crippen molar-refractivity contribution < 1.29 is 9.84 Å². The van der Waals surface area contributed by atoms with Crippen molar-refractivity contribution in [1.29, 1.82) is 0 Å². The van der Waals surface area contributed by atoms with Crippen LogP contribution in [-0.2, 0) is 4.74 Å². The molecule has 0 aliphatic carbocycles. The van der Waals surface area contributed by atoms with Gasteiger partial charge >= 0.3 is 0 Å². The van der Waals surface area contributed by atoms with Gasteiger partial charge in [-0.3, -0.25) is 0 Å². The van der Waals surface area contributed by atoms with Gasteiger partial charge in [0, 0.05) is 0 Å². The summed E-state index contributed by atoms with van der Waals surface area (Å²) in [6.45, 7) is 6.09. The minimum absolute atomic E-state index is 0.0876. The van der Waals surface area contributed by atoms with Crippen molar-refractivity contribution in [2.24, 2.45) is 0 Å². The first-order valence-electron chi connectivity index (χ1n) is 3.20. The fourth-order valence-electron chi connectivity index (χ4n) is 0.557. The molecule has 0 heterocycles. The summed E-state index contributed by atoms with van der Waals surface area (Å²) in [5.74, 6) is 0. The van der Waals surface area contributed by atoms with Gasteiger partial charge in [-0.25, -0.2) is 0 Å². The summed E-state index contributed by atoms with van der Waals surface area (Å²) in [6, 6.07) is 0. The Bertz CT molecular complexity index is 71.3. The van der Waals surface area contributed by atoms with E-state index in [4.69, 9.17) is 9.84 Å². The Morgan fingerprint density at radius 3 is 2.78 bits per heavy atom. The van der Waals surface area contributed by atoms with Crippen molar-refractivity contribution in [3.63, 3.8) is 0 Å². The molecule has 54 valence electrons. The molecule has 0 radical (unpaired) electrons. The molecular formula is C7H14O2. The summed E-state index contributed by atoms with van der Waals surface area (Å²) >= 11 is 0. The highest BCUT2D eigenvalue weighted by Gasteiger charge is 1.97. The third kappa shape index (κ3) is 4.18. The van der Waals surface area contributed by atoms with E-state index in [1.807, 2.05) is 6.92 Å². The maximum absolute atomic E-state index is 8.35. The zero-order valence-electron chi connectivity index (χ0n) is 5.84. The quantitative estimate of drug-likeness (QED) is 0.562. The van der Waals surface area contributed by atoms with Gasteiger partial charge in [0.05, 0.1) is 19.3 Å². The standard InChI is InChI=1S/C7H14O2/c1-3-7(4-2)9-6-5-8/h3,7-8H,1,4-6H2,2H3. The Hall–Kier alpha value is -0.340. The topological polar surface area (TPSA) is 29.5 Å². The zero-order valence-corrected chi connectivity index (χ0v) is 5.84. The van der Waals surface area contributed by atoms with Crippen LogP contribution in [0.5, 0.6) is 0 Å². The molecule has 0 aromatic rings. The van der Waals surface area contributed by atoms with Crippen LogP contribution >= 0.6 is 0 Å². The molecule has 2 nitrogen and oxygen atoms in total. The van der Waals surface area contributed by atoms with E-state index in [0.29, 0.717) is 6.61 Å². The largest absolute Gasteiger partial charge is 0.394 e. The van der Waals surface area contributed by atoms with Crippen molar-refractivity contribution >= 4 is 0 Å². The smallest absolute Gasteiger partial charge is 0.0751 e. The van der Waals surface area contributed by atoms with E-state index in [0.717, 1.165) is 6.42 Å². The van der Waals surface area contributed by atoms with Crippen LogP contribution in [0.15, 0.2) is 12.7 Å². The first-order chi connectivity index (χ1) is 4.35. The van der Waals surface area contributed by atoms with E-state index in [-0.39, 0.29) is 12.7 Å². The van der Waals surface area contributed by atoms with E-state index < -0.39 is 0 Å². The van der Waals surface area contributed by atoms with Crippen LogP contribution in [0.3, 0.4) is 0 Å². The van der Waals surface area contributed by atoms with Gasteiger partial charge in [-0.1, -0.05) is 13.0 Å². The van der Waals surface area contributed by atoms with Crippen LogP contribution in [0, 0.1) is 0 Å². The minimum Gasteiger partial charge on any atom is -0.394 e. The van der Waals surface area contributed by atoms with E-state index >= 15 is 0 Å². The molecule has 0 amide bonds. The van der Waals surface area contributed by atoms with Gasteiger partial charge in [-0.2, -0.15) is 0 Å². The van der Waals surface area contributed by atoms with Gasteiger partial charge in [0.1, 0.15) is 0 Å². The van der Waals surface area contributed by atoms with Gasteiger partial charge in [0.25, 0.3) is 0 Å². The molecule has 0 bridgehead atoms. The van der Waals surface area contributed by atoms with Crippen molar-refractivity contribution in [2.45, 2.75) is 19.4 Å². The molecule has 1 atom stereocenters. The Morgan fingerprint density at radius 2 is 2.44 bits per heavy atom. The van der Waals surface area contributed by atoms with Crippen molar-refractivity contribution in [3.8, 4) is 0 Å². The molecule has 0 saturated carbocycles. The molecule has 1 N–H and O–H groups in total. The second-order valence-electron chi connectivity index (χ2n) is 1.78. The molecule has 0 spiro atoms. The molecule has 0 saturated heterocycles. The fourth-order valence-corrected chi connectivity index (χ4v) is 0.557. The Morgan fingerprint density at radius 1 is 1.78 bits per heavy atom.